The Kier molecular flexibility index (Phi) is 3.50. The third-order valence-corrected chi connectivity index (χ3v) is 4.21. The van der Waals surface area contributed by atoms with Gasteiger partial charge in [0.2, 0.25) is 0 Å². The van der Waals surface area contributed by atoms with Gasteiger partial charge in [0.05, 0.1) is 0 Å². The van der Waals surface area contributed by atoms with Crippen LogP contribution in [0.2, 0.25) is 0 Å². The van der Waals surface area contributed by atoms with E-state index in [1.165, 1.54) is 5.56 Å². The molecule has 2 aromatic carbocycles. The minimum absolute atomic E-state index is 0.483. The summed E-state index contributed by atoms with van der Waals surface area (Å²) in [5.41, 5.74) is 2.55. The highest BCUT2D eigenvalue weighted by Crippen LogP contribution is 2.24. The van der Waals surface area contributed by atoms with Crippen molar-refractivity contribution in [2.75, 3.05) is 0 Å². The summed E-state index contributed by atoms with van der Waals surface area (Å²) in [5, 5.41) is 16.3. The molecule has 1 N–H and O–H groups in total. The fourth-order valence-corrected chi connectivity index (χ4v) is 2.86. The van der Waals surface area contributed by atoms with Crippen LogP contribution in [0.4, 0.5) is 0 Å². The number of pyridine rings is 1. The maximum atomic E-state index is 9.41. The van der Waals surface area contributed by atoms with E-state index in [4.69, 9.17) is 4.42 Å². The number of hydrogen-bond donors (Lipinski definition) is 1. The molecule has 0 unspecified atom stereocenters. The van der Waals surface area contributed by atoms with Gasteiger partial charge in [-0.15, -0.1) is 0 Å². The van der Waals surface area contributed by atoms with Crippen molar-refractivity contribution in [2.24, 2.45) is 5.16 Å². The van der Waals surface area contributed by atoms with Crippen LogP contribution in [0, 0.1) is 0 Å². The molecule has 24 heavy (non-hydrogen) atoms. The molecule has 2 heterocycles. The van der Waals surface area contributed by atoms with Crippen LogP contribution in [0.25, 0.3) is 33.2 Å². The van der Waals surface area contributed by atoms with Crippen molar-refractivity contribution in [1.82, 2.24) is 4.98 Å². The summed E-state index contributed by atoms with van der Waals surface area (Å²) in [5.74, 6) is 0.574. The number of nitrogens with zero attached hydrogens (tertiary/aromatic N) is 2. The fourth-order valence-electron chi connectivity index (χ4n) is 2.86. The molecule has 0 fully saturated rings. The van der Waals surface area contributed by atoms with Crippen LogP contribution in [-0.4, -0.2) is 10.2 Å². The Balaban J connectivity index is 1.95. The molecule has 0 aliphatic heterocycles. The summed E-state index contributed by atoms with van der Waals surface area (Å²) in [4.78, 5) is 4.48. The summed E-state index contributed by atoms with van der Waals surface area (Å²) in [6.07, 6.45) is 2.73. The smallest absolute Gasteiger partial charge is 0.155 e. The Labute approximate surface area is 138 Å². The van der Waals surface area contributed by atoms with Crippen LogP contribution in [0.5, 0.6) is 0 Å². The molecular weight excluding hydrogens is 300 g/mol. The summed E-state index contributed by atoms with van der Waals surface area (Å²) in [6, 6.07) is 17.6. The molecule has 0 bridgehead atoms. The van der Waals surface area contributed by atoms with Gasteiger partial charge in [-0.05, 0) is 35.6 Å². The number of benzene rings is 2. The lowest BCUT2D eigenvalue weighted by molar-refractivity contribution is 0.302. The van der Waals surface area contributed by atoms with Crippen molar-refractivity contribution in [1.29, 1.82) is 0 Å². The van der Waals surface area contributed by atoms with Crippen molar-refractivity contribution >= 4 is 21.7 Å². The third kappa shape index (κ3) is 2.42. The second-order valence-electron chi connectivity index (χ2n) is 5.70. The molecule has 0 atom stereocenters. The molecule has 4 aromatic rings. The Bertz CT molecular complexity index is 1110. The van der Waals surface area contributed by atoms with E-state index in [2.05, 4.69) is 17.1 Å². The van der Waals surface area contributed by atoms with Crippen LogP contribution in [0.1, 0.15) is 12.5 Å². The van der Waals surface area contributed by atoms with Gasteiger partial charge in [-0.25, -0.2) is 0 Å². The minimum Gasteiger partial charge on any atom is -0.454 e. The van der Waals surface area contributed by atoms with Crippen molar-refractivity contribution < 1.29 is 9.62 Å². The number of rotatable bonds is 2. The Morgan fingerprint density at radius 3 is 2.67 bits per heavy atom. The average Bonchev–Trinajstić information content (AvgIpc) is 2.66. The molecule has 0 amide bonds. The van der Waals surface area contributed by atoms with Gasteiger partial charge in [0, 0.05) is 23.0 Å². The first kappa shape index (κ1) is 14.5. The van der Waals surface area contributed by atoms with Gasteiger partial charge in [0.15, 0.2) is 5.76 Å². The van der Waals surface area contributed by atoms with E-state index in [9.17, 15) is 5.21 Å². The highest BCUT2D eigenvalue weighted by molar-refractivity contribution is 5.85. The van der Waals surface area contributed by atoms with Gasteiger partial charge >= 0.3 is 0 Å². The van der Waals surface area contributed by atoms with Gasteiger partial charge in [-0.2, -0.15) is 0 Å². The monoisotopic (exact) mass is 316 g/mol. The predicted molar refractivity (Wildman–Crippen MR) is 93.7 cm³/mol. The lowest BCUT2D eigenvalue weighted by Gasteiger charge is -2.06. The summed E-state index contributed by atoms with van der Waals surface area (Å²) < 4.78 is 6.01. The zero-order chi connectivity index (χ0) is 16.5. The van der Waals surface area contributed by atoms with Crippen molar-refractivity contribution in [3.8, 4) is 11.5 Å². The van der Waals surface area contributed by atoms with Crippen LogP contribution < -0.4 is 5.36 Å². The first-order valence-electron chi connectivity index (χ1n) is 7.88. The predicted octanol–water partition coefficient (Wildman–Crippen LogP) is 4.50. The number of hydrogen-bond acceptors (Lipinski definition) is 4. The molecule has 0 saturated carbocycles. The van der Waals surface area contributed by atoms with Gasteiger partial charge in [0.1, 0.15) is 16.6 Å². The molecule has 118 valence electrons. The second-order valence-corrected chi connectivity index (χ2v) is 5.70. The molecule has 2 aromatic heterocycles. The normalized spacial score (nSPS) is 12.1. The average molecular weight is 316 g/mol. The van der Waals surface area contributed by atoms with Crippen molar-refractivity contribution in [3.63, 3.8) is 0 Å². The van der Waals surface area contributed by atoms with Crippen LogP contribution in [-0.2, 0) is 6.42 Å². The van der Waals surface area contributed by atoms with Gasteiger partial charge in [-0.3, -0.25) is 4.98 Å². The second kappa shape index (κ2) is 5.81. The summed E-state index contributed by atoms with van der Waals surface area (Å²) in [7, 11) is 0. The summed E-state index contributed by atoms with van der Waals surface area (Å²) >= 11 is 0. The van der Waals surface area contributed by atoms with E-state index >= 15 is 0 Å². The molecule has 0 spiro atoms. The quantitative estimate of drug-likeness (QED) is 0.437. The topological polar surface area (TPSA) is 58.6 Å². The molecular formula is C20H16N2O2. The van der Waals surface area contributed by atoms with Crippen LogP contribution >= 0.6 is 0 Å². The van der Waals surface area contributed by atoms with Crippen molar-refractivity contribution in [2.45, 2.75) is 13.3 Å². The standard InChI is InChI=1S/C20H16N2O2/c1-2-13-7-8-19-16(9-13)17(22-23)11-20(24-19)18-10-14-5-3-4-6-15(14)12-21-18/h3-12,23H,2H2,1H3/b22-17+. The lowest BCUT2D eigenvalue weighted by Crippen LogP contribution is -2.04. The van der Waals surface area contributed by atoms with E-state index in [1.54, 1.807) is 6.07 Å². The zero-order valence-electron chi connectivity index (χ0n) is 13.2. The van der Waals surface area contributed by atoms with Crippen molar-refractivity contribution in [3.05, 3.63) is 71.7 Å². The van der Waals surface area contributed by atoms with E-state index in [-0.39, 0.29) is 0 Å². The molecule has 0 radical (unpaired) electrons. The highest BCUT2D eigenvalue weighted by atomic mass is 16.4. The molecule has 0 aliphatic carbocycles. The molecule has 0 aliphatic rings. The van der Waals surface area contributed by atoms with Crippen LogP contribution in [0.15, 0.2) is 70.4 Å². The highest BCUT2D eigenvalue weighted by Gasteiger charge is 2.09. The number of fused-ring (bicyclic) bond motifs is 2. The Morgan fingerprint density at radius 2 is 1.88 bits per heavy atom. The maximum absolute atomic E-state index is 9.41. The fraction of sp³-hybridized carbons (Fsp3) is 0.100. The largest absolute Gasteiger partial charge is 0.454 e. The van der Waals surface area contributed by atoms with E-state index < -0.39 is 0 Å². The Hall–Kier alpha value is -3.14. The molecule has 4 nitrogen and oxygen atoms in total. The van der Waals surface area contributed by atoms with Gasteiger partial charge in [0.25, 0.3) is 0 Å². The number of aromatic nitrogens is 1. The van der Waals surface area contributed by atoms with E-state index in [1.807, 2.05) is 54.7 Å². The first-order valence-corrected chi connectivity index (χ1v) is 7.88. The first-order chi connectivity index (χ1) is 11.8. The summed E-state index contributed by atoms with van der Waals surface area (Å²) in [6.45, 7) is 2.08. The zero-order valence-corrected chi connectivity index (χ0v) is 13.2. The SMILES string of the molecule is CCc1ccc2oc(-c3cc4ccccc4cn3)c/c(=N\O)c2c1. The molecule has 4 heteroatoms. The Morgan fingerprint density at radius 1 is 1.04 bits per heavy atom. The van der Waals surface area contributed by atoms with Crippen LogP contribution in [0.3, 0.4) is 0 Å². The molecule has 0 saturated heterocycles. The van der Waals surface area contributed by atoms with E-state index in [0.717, 1.165) is 22.6 Å². The van der Waals surface area contributed by atoms with E-state index in [0.29, 0.717) is 22.4 Å². The number of aryl methyl sites for hydroxylation is 1. The molecule has 4 rings (SSSR count). The third-order valence-electron chi connectivity index (χ3n) is 4.21. The minimum atomic E-state index is 0.483. The lowest BCUT2D eigenvalue weighted by atomic mass is 10.1. The maximum Gasteiger partial charge on any atom is 0.155 e. The van der Waals surface area contributed by atoms with Gasteiger partial charge < -0.3 is 9.62 Å². The van der Waals surface area contributed by atoms with Gasteiger partial charge in [-0.1, -0.05) is 42.4 Å².